The van der Waals surface area contributed by atoms with Crippen LogP contribution in [0.3, 0.4) is 0 Å². The van der Waals surface area contributed by atoms with Crippen LogP contribution in [0.4, 0.5) is 11.9 Å². The van der Waals surface area contributed by atoms with Gasteiger partial charge in [0, 0.05) is 13.1 Å². The third-order valence-corrected chi connectivity index (χ3v) is 1.33. The number of hydrogen-bond donors (Lipinski definition) is 2. The van der Waals surface area contributed by atoms with Crippen LogP contribution < -0.4 is 10.6 Å². The Labute approximate surface area is 83.0 Å². The van der Waals surface area contributed by atoms with Crippen LogP contribution in [0, 0.1) is 6.33 Å². The highest BCUT2D eigenvalue weighted by atomic mass is 15.2. The molecule has 0 amide bonds. The van der Waals surface area contributed by atoms with Crippen molar-refractivity contribution in [3.8, 4) is 0 Å². The summed E-state index contributed by atoms with van der Waals surface area (Å²) in [7, 11) is 0. The predicted molar refractivity (Wildman–Crippen MR) is 56.0 cm³/mol. The largest absolute Gasteiger partial charge is 0.351 e. The zero-order valence-corrected chi connectivity index (χ0v) is 7.82. The fraction of sp³-hybridized carbons (Fsp3) is 0.222. The van der Waals surface area contributed by atoms with Crippen molar-refractivity contribution in [3.05, 3.63) is 31.6 Å². The maximum absolute atomic E-state index is 4.08. The second kappa shape index (κ2) is 5.69. The maximum Gasteiger partial charge on any atom is 0.228 e. The van der Waals surface area contributed by atoms with Crippen molar-refractivity contribution in [1.29, 1.82) is 0 Å². The summed E-state index contributed by atoms with van der Waals surface area (Å²) in [6.07, 6.45) is 5.94. The van der Waals surface area contributed by atoms with Crippen LogP contribution in [0.5, 0.6) is 0 Å². The molecule has 1 rings (SSSR count). The van der Waals surface area contributed by atoms with Gasteiger partial charge in [-0.2, -0.15) is 15.0 Å². The van der Waals surface area contributed by atoms with Gasteiger partial charge in [0.15, 0.2) is 0 Å². The van der Waals surface area contributed by atoms with Gasteiger partial charge in [0.25, 0.3) is 0 Å². The van der Waals surface area contributed by atoms with Crippen molar-refractivity contribution in [2.24, 2.45) is 0 Å². The fourth-order valence-electron chi connectivity index (χ4n) is 0.755. The summed E-state index contributed by atoms with van der Waals surface area (Å²) < 4.78 is 0. The van der Waals surface area contributed by atoms with Gasteiger partial charge in [-0.05, 0) is 0 Å². The molecule has 1 radical (unpaired) electrons. The van der Waals surface area contributed by atoms with Gasteiger partial charge in [-0.3, -0.25) is 0 Å². The number of aromatic nitrogens is 3. The summed E-state index contributed by atoms with van der Waals surface area (Å²) in [6.45, 7) is 8.37. The van der Waals surface area contributed by atoms with E-state index in [1.54, 1.807) is 12.2 Å². The van der Waals surface area contributed by atoms with Crippen LogP contribution in [0.1, 0.15) is 0 Å². The number of anilines is 2. The van der Waals surface area contributed by atoms with Gasteiger partial charge in [-0.25, -0.2) is 0 Å². The van der Waals surface area contributed by atoms with E-state index in [4.69, 9.17) is 0 Å². The van der Waals surface area contributed by atoms with Gasteiger partial charge < -0.3 is 10.6 Å². The summed E-state index contributed by atoms with van der Waals surface area (Å²) in [5.74, 6) is 0.956. The van der Waals surface area contributed by atoms with Gasteiger partial charge in [0.05, 0.1) is 0 Å². The molecule has 0 aromatic carbocycles. The molecule has 1 aromatic rings. The van der Waals surface area contributed by atoms with Crippen molar-refractivity contribution in [3.63, 3.8) is 0 Å². The Morgan fingerprint density at radius 2 is 1.57 bits per heavy atom. The van der Waals surface area contributed by atoms with E-state index >= 15 is 0 Å². The zero-order chi connectivity index (χ0) is 10.2. The summed E-state index contributed by atoms with van der Waals surface area (Å²) in [6, 6.07) is 0. The van der Waals surface area contributed by atoms with Gasteiger partial charge >= 0.3 is 0 Å². The first-order chi connectivity index (χ1) is 6.86. The minimum absolute atomic E-state index is 0.478. The van der Waals surface area contributed by atoms with E-state index < -0.39 is 0 Å². The van der Waals surface area contributed by atoms with Crippen LogP contribution in [-0.2, 0) is 0 Å². The summed E-state index contributed by atoms with van der Waals surface area (Å²) >= 11 is 0. The lowest BCUT2D eigenvalue weighted by molar-refractivity contribution is 1.01. The SMILES string of the molecule is C=CCNc1n[c]nc(NCC=C)n1. The lowest BCUT2D eigenvalue weighted by atomic mass is 10.6. The molecule has 0 aliphatic heterocycles. The smallest absolute Gasteiger partial charge is 0.228 e. The normalized spacial score (nSPS) is 9.14. The molecule has 0 aliphatic carbocycles. The fourth-order valence-corrected chi connectivity index (χ4v) is 0.755. The quantitative estimate of drug-likeness (QED) is 0.652. The predicted octanol–water partition coefficient (Wildman–Crippen LogP) is 0.868. The maximum atomic E-state index is 4.08. The Kier molecular flexibility index (Phi) is 4.13. The molecular weight excluding hydrogens is 178 g/mol. The third kappa shape index (κ3) is 3.22. The van der Waals surface area contributed by atoms with Crippen molar-refractivity contribution < 1.29 is 0 Å². The highest BCUT2D eigenvalue weighted by Crippen LogP contribution is 2.00. The van der Waals surface area contributed by atoms with E-state index in [9.17, 15) is 0 Å². The molecule has 5 nitrogen and oxygen atoms in total. The molecule has 0 unspecified atom stereocenters. The van der Waals surface area contributed by atoms with E-state index in [2.05, 4.69) is 45.1 Å². The van der Waals surface area contributed by atoms with Crippen molar-refractivity contribution >= 4 is 11.9 Å². The molecule has 0 bridgehead atoms. The van der Waals surface area contributed by atoms with E-state index in [0.717, 1.165) is 0 Å². The molecule has 1 aromatic heterocycles. The van der Waals surface area contributed by atoms with Gasteiger partial charge in [0.1, 0.15) is 0 Å². The Balaban J connectivity index is 2.58. The summed E-state index contributed by atoms with van der Waals surface area (Å²) in [5.41, 5.74) is 0. The molecule has 0 spiro atoms. The Hall–Kier alpha value is -1.91. The molecule has 2 N–H and O–H groups in total. The van der Waals surface area contributed by atoms with E-state index in [1.165, 1.54) is 0 Å². The average Bonchev–Trinajstić information content (AvgIpc) is 2.24. The number of rotatable bonds is 6. The second-order valence-electron chi connectivity index (χ2n) is 2.42. The summed E-state index contributed by atoms with van der Waals surface area (Å²) in [5, 5.41) is 5.87. The molecule has 14 heavy (non-hydrogen) atoms. The first kappa shape index (κ1) is 10.2. The van der Waals surface area contributed by atoms with E-state index in [0.29, 0.717) is 25.0 Å². The molecule has 0 saturated carbocycles. The topological polar surface area (TPSA) is 62.7 Å². The molecule has 0 aliphatic rings. The first-order valence-corrected chi connectivity index (χ1v) is 4.18. The van der Waals surface area contributed by atoms with Crippen molar-refractivity contribution in [2.75, 3.05) is 23.7 Å². The Bertz CT molecular complexity index is 283. The lowest BCUT2D eigenvalue weighted by Gasteiger charge is -2.03. The standard InChI is InChI=1S/C9H12N5/c1-3-5-10-8-12-7-13-9(14-8)11-6-4-2/h3-4H,1-2,5-6H2,(H2,10,11,12,13,14). The summed E-state index contributed by atoms with van der Waals surface area (Å²) in [4.78, 5) is 11.7. The highest BCUT2D eigenvalue weighted by Gasteiger charge is 1.97. The van der Waals surface area contributed by atoms with Crippen LogP contribution in [0.15, 0.2) is 25.3 Å². The number of nitrogens with one attached hydrogen (secondary N) is 2. The number of hydrogen-bond acceptors (Lipinski definition) is 5. The van der Waals surface area contributed by atoms with E-state index in [-0.39, 0.29) is 0 Å². The molecule has 0 fully saturated rings. The number of nitrogens with zero attached hydrogens (tertiary/aromatic N) is 3. The highest BCUT2D eigenvalue weighted by molar-refractivity contribution is 5.33. The minimum atomic E-state index is 0.478. The molecule has 0 atom stereocenters. The molecule has 5 heteroatoms. The van der Waals surface area contributed by atoms with Crippen LogP contribution >= 0.6 is 0 Å². The van der Waals surface area contributed by atoms with Crippen molar-refractivity contribution in [2.45, 2.75) is 0 Å². The van der Waals surface area contributed by atoms with E-state index in [1.807, 2.05) is 0 Å². The first-order valence-electron chi connectivity index (χ1n) is 4.18. The van der Waals surface area contributed by atoms with Gasteiger partial charge in [-0.1, -0.05) is 12.2 Å². The molecule has 1 heterocycles. The van der Waals surface area contributed by atoms with Crippen molar-refractivity contribution in [1.82, 2.24) is 15.0 Å². The Morgan fingerprint density at radius 3 is 2.00 bits per heavy atom. The lowest BCUT2D eigenvalue weighted by Crippen LogP contribution is -2.08. The minimum Gasteiger partial charge on any atom is -0.351 e. The molecular formula is C9H12N5. The Morgan fingerprint density at radius 1 is 1.07 bits per heavy atom. The average molecular weight is 190 g/mol. The van der Waals surface area contributed by atoms with Crippen LogP contribution in [0.25, 0.3) is 0 Å². The van der Waals surface area contributed by atoms with Crippen LogP contribution in [-0.4, -0.2) is 28.0 Å². The monoisotopic (exact) mass is 190 g/mol. The van der Waals surface area contributed by atoms with Crippen LogP contribution in [0.2, 0.25) is 0 Å². The van der Waals surface area contributed by atoms with Gasteiger partial charge in [0.2, 0.25) is 18.2 Å². The third-order valence-electron chi connectivity index (χ3n) is 1.33. The molecule has 0 saturated heterocycles. The second-order valence-corrected chi connectivity index (χ2v) is 2.42. The van der Waals surface area contributed by atoms with Gasteiger partial charge in [-0.15, -0.1) is 13.2 Å². The molecule has 73 valence electrons. The zero-order valence-electron chi connectivity index (χ0n) is 7.82.